The van der Waals surface area contributed by atoms with Crippen LogP contribution in [-0.4, -0.2) is 53.7 Å². The molecule has 4 heterocycles. The molecule has 0 spiro atoms. The van der Waals surface area contributed by atoms with Crippen LogP contribution < -0.4 is 10.2 Å². The number of hydrogen-bond acceptors (Lipinski definition) is 6. The zero-order valence-corrected chi connectivity index (χ0v) is 17.5. The molecule has 160 valence electrons. The van der Waals surface area contributed by atoms with Crippen molar-refractivity contribution in [3.63, 3.8) is 0 Å². The summed E-state index contributed by atoms with van der Waals surface area (Å²) >= 11 is 0. The molecule has 4 aromatic rings. The molecular weight excluding hydrogens is 394 g/mol. The molecule has 0 saturated carbocycles. The molecule has 0 unspecified atom stereocenters. The Morgan fingerprint density at radius 2 is 2.16 bits per heavy atom. The van der Waals surface area contributed by atoms with Gasteiger partial charge in [0.15, 0.2) is 11.2 Å². The molecule has 0 radical (unpaired) electrons. The van der Waals surface area contributed by atoms with Crippen molar-refractivity contribution >= 4 is 16.5 Å². The van der Waals surface area contributed by atoms with Crippen molar-refractivity contribution in [1.29, 1.82) is 0 Å². The van der Waals surface area contributed by atoms with E-state index in [1.165, 1.54) is 18.9 Å². The van der Waals surface area contributed by atoms with E-state index >= 15 is 0 Å². The van der Waals surface area contributed by atoms with Gasteiger partial charge in [-0.15, -0.1) is 0 Å². The van der Waals surface area contributed by atoms with E-state index < -0.39 is 0 Å². The minimum absolute atomic E-state index is 0.113. The van der Waals surface area contributed by atoms with Crippen LogP contribution in [0.25, 0.3) is 27.9 Å². The lowest BCUT2D eigenvalue weighted by Crippen LogP contribution is -2.35. The molecule has 1 aliphatic rings. The molecule has 1 atom stereocenters. The fraction of sp³-hybridized carbons (Fsp3) is 0.333. The first-order chi connectivity index (χ1) is 15.2. The summed E-state index contributed by atoms with van der Waals surface area (Å²) in [4.78, 5) is 19.6. The summed E-state index contributed by atoms with van der Waals surface area (Å²) < 4.78 is 19.1. The van der Waals surface area contributed by atoms with E-state index in [-0.39, 0.29) is 5.43 Å². The lowest BCUT2D eigenvalue weighted by molar-refractivity contribution is 0.105. The number of methoxy groups -OCH3 is 1. The van der Waals surface area contributed by atoms with Crippen LogP contribution in [0.2, 0.25) is 0 Å². The molecule has 7 heteroatoms. The highest BCUT2D eigenvalue weighted by Gasteiger charge is 2.23. The Morgan fingerprint density at radius 1 is 1.23 bits per heavy atom. The highest BCUT2D eigenvalue weighted by Crippen LogP contribution is 2.25. The SMILES string of the molecule is COC[C@H]1CCCN1CCOc1ccc2oc(-c3cc4cccn4cn3)cc(=O)c2c1. The Labute approximate surface area is 179 Å². The smallest absolute Gasteiger partial charge is 0.193 e. The molecule has 0 bridgehead atoms. The number of fused-ring (bicyclic) bond motifs is 2. The van der Waals surface area contributed by atoms with Crippen LogP contribution in [0.3, 0.4) is 0 Å². The number of rotatable bonds is 7. The van der Waals surface area contributed by atoms with Crippen molar-refractivity contribution in [2.24, 2.45) is 0 Å². The van der Waals surface area contributed by atoms with E-state index in [9.17, 15) is 4.79 Å². The minimum Gasteiger partial charge on any atom is -0.492 e. The maximum atomic E-state index is 12.8. The van der Waals surface area contributed by atoms with Gasteiger partial charge in [-0.25, -0.2) is 4.98 Å². The van der Waals surface area contributed by atoms with Crippen molar-refractivity contribution in [3.8, 4) is 17.2 Å². The normalized spacial score (nSPS) is 17.0. The fourth-order valence-electron chi connectivity index (χ4n) is 4.27. The molecule has 0 N–H and O–H groups in total. The molecule has 0 aliphatic carbocycles. The summed E-state index contributed by atoms with van der Waals surface area (Å²) in [5.74, 6) is 1.12. The third-order valence-electron chi connectivity index (χ3n) is 5.87. The predicted molar refractivity (Wildman–Crippen MR) is 119 cm³/mol. The van der Waals surface area contributed by atoms with Crippen LogP contribution in [0.15, 0.2) is 64.2 Å². The van der Waals surface area contributed by atoms with Crippen LogP contribution in [0.1, 0.15) is 12.8 Å². The van der Waals surface area contributed by atoms with Gasteiger partial charge in [-0.2, -0.15) is 0 Å². The second-order valence-corrected chi connectivity index (χ2v) is 7.88. The molecule has 1 aliphatic heterocycles. The van der Waals surface area contributed by atoms with Crippen LogP contribution in [0.5, 0.6) is 5.75 Å². The van der Waals surface area contributed by atoms with Crippen molar-refractivity contribution in [3.05, 3.63) is 65.2 Å². The quantitative estimate of drug-likeness (QED) is 0.456. The monoisotopic (exact) mass is 419 g/mol. The first-order valence-electron chi connectivity index (χ1n) is 10.6. The minimum atomic E-state index is -0.113. The summed E-state index contributed by atoms with van der Waals surface area (Å²) in [6.07, 6.45) is 5.99. The van der Waals surface area contributed by atoms with Gasteiger partial charge < -0.3 is 18.3 Å². The van der Waals surface area contributed by atoms with Gasteiger partial charge in [-0.1, -0.05) is 0 Å². The molecule has 5 rings (SSSR count). The lowest BCUT2D eigenvalue weighted by atomic mass is 10.2. The standard InChI is InChI=1S/C24H25N3O4/c1-29-15-18-5-3-8-26(18)10-11-30-19-6-7-23-20(13-19)22(28)14-24(31-23)21-12-17-4-2-9-27(17)16-25-21/h2,4,6-7,9,12-14,16,18H,3,5,8,10-11,15H2,1H3/t18-/m1/s1. The molecule has 1 saturated heterocycles. The summed E-state index contributed by atoms with van der Waals surface area (Å²) in [7, 11) is 1.74. The van der Waals surface area contributed by atoms with E-state index in [0.717, 1.165) is 25.2 Å². The Hall–Kier alpha value is -3.16. The summed E-state index contributed by atoms with van der Waals surface area (Å²) in [5.41, 5.74) is 2.02. The van der Waals surface area contributed by atoms with E-state index in [1.54, 1.807) is 25.6 Å². The van der Waals surface area contributed by atoms with Crippen LogP contribution in [0, 0.1) is 0 Å². The largest absolute Gasteiger partial charge is 0.492 e. The molecule has 0 amide bonds. The third kappa shape index (κ3) is 4.06. The topological polar surface area (TPSA) is 69.2 Å². The summed E-state index contributed by atoms with van der Waals surface area (Å²) in [6.45, 7) is 3.24. The summed E-state index contributed by atoms with van der Waals surface area (Å²) in [6, 6.07) is 13.2. The maximum absolute atomic E-state index is 12.8. The number of nitrogens with zero attached hydrogens (tertiary/aromatic N) is 3. The second-order valence-electron chi connectivity index (χ2n) is 7.88. The predicted octanol–water partition coefficient (Wildman–Crippen LogP) is 3.60. The molecule has 1 fully saturated rings. The Bertz CT molecular complexity index is 1260. The number of likely N-dealkylation sites (tertiary alicyclic amines) is 1. The first kappa shape index (κ1) is 19.8. The Morgan fingerprint density at radius 3 is 3.06 bits per heavy atom. The van der Waals surface area contributed by atoms with Crippen molar-refractivity contribution < 1.29 is 13.9 Å². The van der Waals surface area contributed by atoms with E-state index in [4.69, 9.17) is 13.9 Å². The van der Waals surface area contributed by atoms with Crippen LogP contribution in [0.4, 0.5) is 0 Å². The summed E-state index contributed by atoms with van der Waals surface area (Å²) in [5, 5.41) is 0.503. The zero-order chi connectivity index (χ0) is 21.2. The lowest BCUT2D eigenvalue weighted by Gasteiger charge is -2.23. The highest BCUT2D eigenvalue weighted by molar-refractivity contribution is 5.80. The van der Waals surface area contributed by atoms with Crippen molar-refractivity contribution in [1.82, 2.24) is 14.3 Å². The van der Waals surface area contributed by atoms with Gasteiger partial charge in [-0.3, -0.25) is 9.69 Å². The van der Waals surface area contributed by atoms with Crippen LogP contribution >= 0.6 is 0 Å². The third-order valence-corrected chi connectivity index (χ3v) is 5.87. The number of benzene rings is 1. The van der Waals surface area contributed by atoms with Gasteiger partial charge in [0, 0.05) is 37.5 Å². The van der Waals surface area contributed by atoms with Gasteiger partial charge in [0.2, 0.25) is 0 Å². The number of aromatic nitrogens is 2. The molecule has 7 nitrogen and oxygen atoms in total. The molecular formula is C24H25N3O4. The van der Waals surface area contributed by atoms with E-state index in [1.807, 2.05) is 34.9 Å². The second kappa shape index (κ2) is 8.53. The average Bonchev–Trinajstić information content (AvgIpc) is 3.43. The first-order valence-corrected chi connectivity index (χ1v) is 10.6. The Kier molecular flexibility index (Phi) is 5.44. The van der Waals surface area contributed by atoms with Crippen molar-refractivity contribution in [2.75, 3.05) is 33.4 Å². The van der Waals surface area contributed by atoms with Gasteiger partial charge in [0.25, 0.3) is 0 Å². The highest BCUT2D eigenvalue weighted by atomic mass is 16.5. The van der Waals surface area contributed by atoms with Gasteiger partial charge >= 0.3 is 0 Å². The van der Waals surface area contributed by atoms with Gasteiger partial charge in [0.1, 0.15) is 23.6 Å². The average molecular weight is 419 g/mol. The number of hydrogen-bond donors (Lipinski definition) is 0. The van der Waals surface area contributed by atoms with Gasteiger partial charge in [0.05, 0.1) is 18.3 Å². The molecule has 1 aromatic carbocycles. The van der Waals surface area contributed by atoms with Crippen molar-refractivity contribution in [2.45, 2.75) is 18.9 Å². The van der Waals surface area contributed by atoms with Gasteiger partial charge in [-0.05, 0) is 55.8 Å². The molecule has 3 aromatic heterocycles. The number of ether oxygens (including phenoxy) is 2. The fourth-order valence-corrected chi connectivity index (χ4v) is 4.27. The Balaban J connectivity index is 1.32. The van der Waals surface area contributed by atoms with E-state index in [2.05, 4.69) is 9.88 Å². The maximum Gasteiger partial charge on any atom is 0.193 e. The zero-order valence-electron chi connectivity index (χ0n) is 17.5. The van der Waals surface area contributed by atoms with Crippen LogP contribution in [-0.2, 0) is 4.74 Å². The van der Waals surface area contributed by atoms with E-state index in [0.29, 0.717) is 40.8 Å². The molecule has 31 heavy (non-hydrogen) atoms.